The molecule has 4 aromatic rings. The van der Waals surface area contributed by atoms with E-state index in [1.54, 1.807) is 24.7 Å². The first-order chi connectivity index (χ1) is 17.2. The van der Waals surface area contributed by atoms with Crippen molar-refractivity contribution in [3.05, 3.63) is 78.8 Å². The second-order valence-corrected chi connectivity index (χ2v) is 8.03. The highest BCUT2D eigenvalue weighted by atomic mass is 19.4. The van der Waals surface area contributed by atoms with Crippen molar-refractivity contribution in [1.82, 2.24) is 29.5 Å². The molecule has 5 rings (SSSR count). The Bertz CT molecular complexity index is 1350. The third-order valence-electron chi connectivity index (χ3n) is 5.56. The van der Waals surface area contributed by atoms with E-state index in [-0.39, 0.29) is 11.8 Å². The Labute approximate surface area is 203 Å². The minimum absolute atomic E-state index is 0.0287. The molecule has 5 heterocycles. The lowest BCUT2D eigenvalue weighted by Gasteiger charge is -2.31. The fourth-order valence-electron chi connectivity index (χ4n) is 3.81. The maximum Gasteiger partial charge on any atom is 0.490 e. The van der Waals surface area contributed by atoms with Gasteiger partial charge in [0.05, 0.1) is 0 Å². The number of hydrogen-bond donors (Lipinski definition) is 1. The molecule has 1 N–H and O–H groups in total. The molecular weight excluding hydrogens is 477 g/mol. The topological polar surface area (TPSA) is 114 Å². The molecule has 36 heavy (non-hydrogen) atoms. The average molecular weight is 498 g/mol. The van der Waals surface area contributed by atoms with Gasteiger partial charge in [-0.3, -0.25) is 14.8 Å². The molecule has 1 unspecified atom stereocenters. The normalized spacial score (nSPS) is 15.8. The Morgan fingerprint density at radius 1 is 1.00 bits per heavy atom. The number of carboxylic acids is 1. The molecule has 4 aromatic heterocycles. The second kappa shape index (κ2) is 10.5. The molecule has 0 aliphatic carbocycles. The number of nitrogens with zero attached hydrogens (tertiary/aromatic N) is 6. The summed E-state index contributed by atoms with van der Waals surface area (Å²) in [6.07, 6.45) is 4.02. The molecule has 0 radical (unpaired) electrons. The van der Waals surface area contributed by atoms with Gasteiger partial charge in [0.15, 0.2) is 11.5 Å². The number of amides is 1. The highest BCUT2D eigenvalue weighted by Gasteiger charge is 2.38. The summed E-state index contributed by atoms with van der Waals surface area (Å²) < 4.78 is 33.6. The molecule has 0 spiro atoms. The van der Waals surface area contributed by atoms with E-state index >= 15 is 0 Å². The van der Waals surface area contributed by atoms with Crippen LogP contribution in [0.4, 0.5) is 13.2 Å². The van der Waals surface area contributed by atoms with Crippen molar-refractivity contribution in [2.75, 3.05) is 13.1 Å². The molecule has 1 aliphatic rings. The zero-order valence-electron chi connectivity index (χ0n) is 18.8. The Hall–Kier alpha value is -4.35. The van der Waals surface area contributed by atoms with Gasteiger partial charge in [-0.05, 0) is 54.8 Å². The lowest BCUT2D eigenvalue weighted by molar-refractivity contribution is -0.192. The molecule has 1 amide bonds. The smallest absolute Gasteiger partial charge is 0.475 e. The van der Waals surface area contributed by atoms with Gasteiger partial charge >= 0.3 is 12.1 Å². The van der Waals surface area contributed by atoms with Crippen molar-refractivity contribution in [2.24, 2.45) is 0 Å². The molecule has 9 nitrogen and oxygen atoms in total. The van der Waals surface area contributed by atoms with Crippen LogP contribution in [0.5, 0.6) is 0 Å². The molecular formula is C24H21F3N6O3. The van der Waals surface area contributed by atoms with Crippen LogP contribution in [-0.2, 0) is 4.79 Å². The van der Waals surface area contributed by atoms with Gasteiger partial charge in [-0.1, -0.05) is 6.07 Å². The van der Waals surface area contributed by atoms with E-state index in [4.69, 9.17) is 20.0 Å². The Morgan fingerprint density at radius 2 is 1.75 bits per heavy atom. The van der Waals surface area contributed by atoms with Crippen LogP contribution in [0.3, 0.4) is 0 Å². The van der Waals surface area contributed by atoms with Gasteiger partial charge in [0.2, 0.25) is 0 Å². The van der Waals surface area contributed by atoms with E-state index in [0.717, 1.165) is 42.0 Å². The predicted octanol–water partition coefficient (Wildman–Crippen LogP) is 3.84. The van der Waals surface area contributed by atoms with Crippen LogP contribution >= 0.6 is 0 Å². The number of likely N-dealkylation sites (tertiary alicyclic amines) is 1. The van der Waals surface area contributed by atoms with E-state index in [1.807, 2.05) is 52.0 Å². The number of rotatable bonds is 3. The maximum atomic E-state index is 12.8. The fraction of sp³-hybridized carbons (Fsp3) is 0.250. The number of pyridine rings is 3. The molecule has 0 aromatic carbocycles. The van der Waals surface area contributed by atoms with Crippen LogP contribution in [0.15, 0.2) is 67.3 Å². The summed E-state index contributed by atoms with van der Waals surface area (Å²) in [5.74, 6) is -1.87. The highest BCUT2D eigenvalue weighted by molar-refractivity contribution is 5.92. The molecule has 186 valence electrons. The van der Waals surface area contributed by atoms with E-state index in [2.05, 4.69) is 9.97 Å². The summed E-state index contributed by atoms with van der Waals surface area (Å²) in [6.45, 7) is 1.36. The standard InChI is InChI=1S/C22H20N6O.C2HF3O2/c29-22(19-5-1-2-10-24-19)27-13-3-4-18(14-27)21-25-20-7-6-17(15-28(20)26-21)16-8-11-23-12-9-16;3-2(4,5)1(6)7/h1-2,5-12,15,18H,3-4,13-14H2;(H,6,7). The zero-order chi connectivity index (χ0) is 25.7. The molecule has 0 bridgehead atoms. The van der Waals surface area contributed by atoms with Gasteiger partial charge in [0.1, 0.15) is 5.69 Å². The first kappa shape index (κ1) is 24.8. The van der Waals surface area contributed by atoms with Gasteiger partial charge in [0, 0.05) is 49.4 Å². The van der Waals surface area contributed by atoms with Crippen LogP contribution in [0, 0.1) is 0 Å². The second-order valence-electron chi connectivity index (χ2n) is 8.03. The Morgan fingerprint density at radius 3 is 2.42 bits per heavy atom. The summed E-state index contributed by atoms with van der Waals surface area (Å²) in [6, 6.07) is 13.4. The number of aromatic nitrogens is 5. The van der Waals surface area contributed by atoms with E-state index in [0.29, 0.717) is 12.2 Å². The van der Waals surface area contributed by atoms with Crippen LogP contribution in [0.1, 0.15) is 35.1 Å². The molecule has 1 saturated heterocycles. The predicted molar refractivity (Wildman–Crippen MR) is 122 cm³/mol. The van der Waals surface area contributed by atoms with Crippen LogP contribution in [-0.4, -0.2) is 65.7 Å². The van der Waals surface area contributed by atoms with Crippen molar-refractivity contribution in [1.29, 1.82) is 0 Å². The third-order valence-corrected chi connectivity index (χ3v) is 5.56. The fourth-order valence-corrected chi connectivity index (χ4v) is 3.81. The number of aliphatic carboxylic acids is 1. The Kier molecular flexibility index (Phi) is 7.23. The van der Waals surface area contributed by atoms with Gasteiger partial charge < -0.3 is 10.0 Å². The van der Waals surface area contributed by atoms with Crippen LogP contribution in [0.25, 0.3) is 16.8 Å². The SMILES string of the molecule is O=C(O)C(F)(F)F.O=C(c1ccccn1)N1CCCC(c2nc3ccc(-c4ccncc4)cn3n2)C1. The molecule has 1 fully saturated rings. The average Bonchev–Trinajstić information content (AvgIpc) is 3.33. The van der Waals surface area contributed by atoms with E-state index in [1.165, 1.54) is 0 Å². The molecule has 1 atom stereocenters. The number of carbonyl (C=O) groups is 2. The highest BCUT2D eigenvalue weighted by Crippen LogP contribution is 2.27. The Balaban J connectivity index is 0.000000384. The number of hydrogen-bond acceptors (Lipinski definition) is 6. The van der Waals surface area contributed by atoms with Gasteiger partial charge in [-0.25, -0.2) is 14.3 Å². The van der Waals surface area contributed by atoms with Crippen molar-refractivity contribution >= 4 is 17.5 Å². The summed E-state index contributed by atoms with van der Waals surface area (Å²) in [5, 5.41) is 11.9. The van der Waals surface area contributed by atoms with Crippen LogP contribution in [0.2, 0.25) is 0 Å². The number of halogens is 3. The lowest BCUT2D eigenvalue weighted by Crippen LogP contribution is -2.39. The summed E-state index contributed by atoms with van der Waals surface area (Å²) in [5.41, 5.74) is 3.44. The third kappa shape index (κ3) is 5.82. The first-order valence-corrected chi connectivity index (χ1v) is 11.0. The van der Waals surface area contributed by atoms with Gasteiger partial charge in [-0.2, -0.15) is 18.3 Å². The monoisotopic (exact) mass is 498 g/mol. The minimum atomic E-state index is -5.08. The number of piperidine rings is 1. The van der Waals surface area contributed by atoms with Crippen molar-refractivity contribution < 1.29 is 27.9 Å². The largest absolute Gasteiger partial charge is 0.490 e. The maximum absolute atomic E-state index is 12.8. The number of alkyl halides is 3. The van der Waals surface area contributed by atoms with E-state index < -0.39 is 12.1 Å². The molecule has 0 saturated carbocycles. The lowest BCUT2D eigenvalue weighted by atomic mass is 9.97. The number of carboxylic acid groups (broad SMARTS) is 1. The van der Waals surface area contributed by atoms with Crippen LogP contribution < -0.4 is 0 Å². The quantitative estimate of drug-likeness (QED) is 0.457. The number of carbonyl (C=O) groups excluding carboxylic acids is 1. The summed E-state index contributed by atoms with van der Waals surface area (Å²) in [4.78, 5) is 36.5. The van der Waals surface area contributed by atoms with Gasteiger partial charge in [-0.15, -0.1) is 0 Å². The van der Waals surface area contributed by atoms with Crippen molar-refractivity contribution in [3.8, 4) is 11.1 Å². The van der Waals surface area contributed by atoms with Crippen molar-refractivity contribution in [3.63, 3.8) is 0 Å². The van der Waals surface area contributed by atoms with E-state index in [9.17, 15) is 18.0 Å². The van der Waals surface area contributed by atoms with Gasteiger partial charge in [0.25, 0.3) is 5.91 Å². The number of fused-ring (bicyclic) bond motifs is 1. The zero-order valence-corrected chi connectivity index (χ0v) is 18.8. The van der Waals surface area contributed by atoms with Crippen molar-refractivity contribution in [2.45, 2.75) is 24.9 Å². The summed E-state index contributed by atoms with van der Waals surface area (Å²) in [7, 11) is 0. The molecule has 12 heteroatoms. The molecule has 1 aliphatic heterocycles. The first-order valence-electron chi connectivity index (χ1n) is 11.0. The summed E-state index contributed by atoms with van der Waals surface area (Å²) >= 11 is 0. The minimum Gasteiger partial charge on any atom is -0.475 e.